The molecule has 2 aliphatic rings. The van der Waals surface area contributed by atoms with Crippen molar-refractivity contribution in [2.45, 2.75) is 31.7 Å². The maximum Gasteiger partial charge on any atom is 0.322 e. The number of carbonyl (C=O) groups excluding carboxylic acids is 2. The summed E-state index contributed by atoms with van der Waals surface area (Å²) in [6.45, 7) is 2.15. The van der Waals surface area contributed by atoms with Gasteiger partial charge in [-0.3, -0.25) is 9.89 Å². The predicted octanol–water partition coefficient (Wildman–Crippen LogP) is 3.85. The molecule has 0 atom stereocenters. The maximum absolute atomic E-state index is 13.1. The number of piperidine rings is 1. The van der Waals surface area contributed by atoms with E-state index < -0.39 is 0 Å². The molecule has 2 aromatic heterocycles. The number of nitrogens with one attached hydrogen (secondary N) is 2. The van der Waals surface area contributed by atoms with Gasteiger partial charge in [-0.15, -0.1) is 0 Å². The third-order valence-electron chi connectivity index (χ3n) is 7.53. The fourth-order valence-electron chi connectivity index (χ4n) is 5.43. The third kappa shape index (κ3) is 4.65. The van der Waals surface area contributed by atoms with E-state index in [1.165, 1.54) is 6.33 Å². The van der Waals surface area contributed by atoms with Crippen LogP contribution in [0.5, 0.6) is 5.75 Å². The van der Waals surface area contributed by atoms with Crippen molar-refractivity contribution in [1.82, 2.24) is 25.1 Å². The first kappa shape index (κ1) is 23.9. The van der Waals surface area contributed by atoms with Crippen molar-refractivity contribution in [3.05, 3.63) is 71.8 Å². The molecular formula is C28H29N7O3. The Kier molecular flexibility index (Phi) is 6.36. The molecule has 0 bridgehead atoms. The highest BCUT2D eigenvalue weighted by molar-refractivity contribution is 5.98. The molecule has 10 heteroatoms. The van der Waals surface area contributed by atoms with Crippen LogP contribution >= 0.6 is 0 Å². The average molecular weight is 512 g/mol. The standard InChI is InChI=1S/C28H29N7O3/c1-38-21-5-6-23-19(13-21)7-12-35(28(37)32-23)20-8-10-34(11-9-20)27-15-25(29-17-30-27)26(36)14-18-3-2-4-24-22(18)16-31-33-24/h2-6,13,15-17,20H,7-12,14H2,1H3,(H,31,33)(H,32,37). The molecule has 4 heterocycles. The molecule has 194 valence electrons. The second-order valence-electron chi connectivity index (χ2n) is 9.72. The Labute approximate surface area is 220 Å². The predicted molar refractivity (Wildman–Crippen MR) is 144 cm³/mol. The molecule has 0 saturated carbocycles. The Hall–Kier alpha value is -4.47. The van der Waals surface area contributed by atoms with Gasteiger partial charge in [-0.1, -0.05) is 12.1 Å². The summed E-state index contributed by atoms with van der Waals surface area (Å²) in [4.78, 5) is 38.9. The Morgan fingerprint density at radius 1 is 1.11 bits per heavy atom. The van der Waals surface area contributed by atoms with Crippen LogP contribution in [0.2, 0.25) is 0 Å². The van der Waals surface area contributed by atoms with E-state index in [-0.39, 0.29) is 24.3 Å². The summed E-state index contributed by atoms with van der Waals surface area (Å²) in [5, 5.41) is 11.0. The topological polar surface area (TPSA) is 116 Å². The number of fused-ring (bicyclic) bond motifs is 2. The molecule has 0 unspecified atom stereocenters. The molecule has 6 rings (SSSR count). The van der Waals surface area contributed by atoms with Crippen molar-refractivity contribution >= 4 is 34.2 Å². The van der Waals surface area contributed by atoms with Gasteiger partial charge in [0.05, 0.1) is 18.8 Å². The van der Waals surface area contributed by atoms with E-state index >= 15 is 0 Å². The van der Waals surface area contributed by atoms with Gasteiger partial charge >= 0.3 is 6.03 Å². The lowest BCUT2D eigenvalue weighted by atomic mass is 10.0. The molecule has 0 radical (unpaired) electrons. The third-order valence-corrected chi connectivity index (χ3v) is 7.53. The lowest BCUT2D eigenvalue weighted by molar-refractivity contribution is 0.0988. The van der Waals surface area contributed by atoms with E-state index in [0.29, 0.717) is 12.2 Å². The van der Waals surface area contributed by atoms with Crippen LogP contribution in [-0.2, 0) is 12.8 Å². The lowest BCUT2D eigenvalue weighted by Crippen LogP contribution is -2.49. The minimum Gasteiger partial charge on any atom is -0.497 e. The summed E-state index contributed by atoms with van der Waals surface area (Å²) in [5.74, 6) is 1.47. The van der Waals surface area contributed by atoms with E-state index in [1.807, 2.05) is 41.3 Å². The summed E-state index contributed by atoms with van der Waals surface area (Å²) in [6.07, 6.45) is 5.86. The van der Waals surface area contributed by atoms with Crippen LogP contribution in [0.4, 0.5) is 16.3 Å². The zero-order valence-electron chi connectivity index (χ0n) is 21.2. The van der Waals surface area contributed by atoms with Crippen molar-refractivity contribution in [3.8, 4) is 5.75 Å². The number of ether oxygens (including phenoxy) is 1. The fourth-order valence-corrected chi connectivity index (χ4v) is 5.43. The van der Waals surface area contributed by atoms with Crippen LogP contribution in [0.3, 0.4) is 0 Å². The van der Waals surface area contributed by atoms with Gasteiger partial charge in [0, 0.05) is 49.2 Å². The van der Waals surface area contributed by atoms with E-state index in [1.54, 1.807) is 19.4 Å². The summed E-state index contributed by atoms with van der Waals surface area (Å²) in [6, 6.07) is 13.4. The number of aromatic amines is 1. The van der Waals surface area contributed by atoms with Gasteiger partial charge in [0.15, 0.2) is 5.78 Å². The number of aromatic nitrogens is 4. The number of Topliss-reactive ketones (excluding diaryl/α,β-unsaturated/α-hetero) is 1. The van der Waals surface area contributed by atoms with E-state index in [0.717, 1.165) is 71.6 Å². The van der Waals surface area contributed by atoms with Crippen molar-refractivity contribution in [3.63, 3.8) is 0 Å². The van der Waals surface area contributed by atoms with Gasteiger partial charge in [0.2, 0.25) is 0 Å². The minimum atomic E-state index is -0.0605. The first-order valence-corrected chi connectivity index (χ1v) is 12.8. The molecule has 2 aromatic carbocycles. The molecule has 10 nitrogen and oxygen atoms in total. The highest BCUT2D eigenvalue weighted by atomic mass is 16.5. The smallest absolute Gasteiger partial charge is 0.322 e. The van der Waals surface area contributed by atoms with Crippen LogP contribution in [0.25, 0.3) is 10.9 Å². The summed E-state index contributed by atoms with van der Waals surface area (Å²) in [7, 11) is 1.65. The number of hydrogen-bond acceptors (Lipinski definition) is 7. The number of rotatable bonds is 6. The molecule has 0 spiro atoms. The zero-order valence-corrected chi connectivity index (χ0v) is 21.2. The fraction of sp³-hybridized carbons (Fsp3) is 0.321. The van der Waals surface area contributed by atoms with Gasteiger partial charge in [0.1, 0.15) is 23.6 Å². The molecule has 1 fully saturated rings. The quantitative estimate of drug-likeness (QED) is 0.378. The normalized spacial score (nSPS) is 16.2. The monoisotopic (exact) mass is 511 g/mol. The van der Waals surface area contributed by atoms with Crippen LogP contribution in [0, 0.1) is 0 Å². The Morgan fingerprint density at radius 3 is 2.82 bits per heavy atom. The molecule has 4 aromatic rings. The summed E-state index contributed by atoms with van der Waals surface area (Å²) in [5.41, 5.74) is 4.15. The SMILES string of the molecule is COc1ccc2c(c1)CCN(C1CCN(c3cc(C(=O)Cc4cccc5[nH]ncc45)ncn3)CC1)C(=O)N2. The number of anilines is 2. The van der Waals surface area contributed by atoms with Gasteiger partial charge in [-0.2, -0.15) is 5.10 Å². The van der Waals surface area contributed by atoms with Gasteiger partial charge < -0.3 is 19.9 Å². The number of carbonyl (C=O) groups is 2. The number of ketones is 1. The number of benzene rings is 2. The number of H-pyrrole nitrogens is 1. The molecule has 2 aliphatic heterocycles. The number of amides is 2. The van der Waals surface area contributed by atoms with Crippen LogP contribution in [0.1, 0.15) is 34.5 Å². The first-order valence-electron chi connectivity index (χ1n) is 12.8. The van der Waals surface area contributed by atoms with Gasteiger partial charge in [-0.25, -0.2) is 14.8 Å². The first-order chi connectivity index (χ1) is 18.6. The second-order valence-corrected chi connectivity index (χ2v) is 9.72. The lowest BCUT2D eigenvalue weighted by Gasteiger charge is -2.38. The number of hydrogen-bond donors (Lipinski definition) is 2. The number of urea groups is 1. The molecule has 1 saturated heterocycles. The Balaban J connectivity index is 1.10. The number of nitrogens with zero attached hydrogens (tertiary/aromatic N) is 5. The van der Waals surface area contributed by atoms with Gasteiger partial charge in [0.25, 0.3) is 0 Å². The van der Waals surface area contributed by atoms with Crippen molar-refractivity contribution < 1.29 is 14.3 Å². The molecule has 2 N–H and O–H groups in total. The molecule has 38 heavy (non-hydrogen) atoms. The van der Waals surface area contributed by atoms with E-state index in [9.17, 15) is 9.59 Å². The van der Waals surface area contributed by atoms with Crippen molar-refractivity contribution in [1.29, 1.82) is 0 Å². The second kappa shape index (κ2) is 10.1. The Morgan fingerprint density at radius 2 is 1.97 bits per heavy atom. The highest BCUT2D eigenvalue weighted by Gasteiger charge is 2.30. The molecule has 2 amide bonds. The largest absolute Gasteiger partial charge is 0.497 e. The summed E-state index contributed by atoms with van der Waals surface area (Å²) >= 11 is 0. The maximum atomic E-state index is 13.1. The average Bonchev–Trinajstić information content (AvgIpc) is 3.38. The van der Waals surface area contributed by atoms with E-state index in [4.69, 9.17) is 4.74 Å². The Bertz CT molecular complexity index is 1490. The van der Waals surface area contributed by atoms with Crippen molar-refractivity contribution in [2.75, 3.05) is 37.0 Å². The highest BCUT2D eigenvalue weighted by Crippen LogP contribution is 2.28. The van der Waals surface area contributed by atoms with Crippen LogP contribution < -0.4 is 15.0 Å². The van der Waals surface area contributed by atoms with E-state index in [2.05, 4.69) is 30.4 Å². The van der Waals surface area contributed by atoms with Crippen LogP contribution in [-0.4, -0.2) is 69.7 Å². The number of methoxy groups -OCH3 is 1. The van der Waals surface area contributed by atoms with Gasteiger partial charge in [-0.05, 0) is 54.7 Å². The molecule has 0 aliphatic carbocycles. The summed E-state index contributed by atoms with van der Waals surface area (Å²) < 4.78 is 5.34. The minimum absolute atomic E-state index is 0.0603. The van der Waals surface area contributed by atoms with Crippen molar-refractivity contribution in [2.24, 2.45) is 0 Å². The molecular weight excluding hydrogens is 482 g/mol. The van der Waals surface area contributed by atoms with Crippen LogP contribution in [0.15, 0.2) is 55.0 Å². The zero-order chi connectivity index (χ0) is 26.1.